The number of rotatable bonds is 3. The molecule has 2 unspecified atom stereocenters. The van der Waals surface area contributed by atoms with Gasteiger partial charge in [0, 0.05) is 11.9 Å². The third kappa shape index (κ3) is 3.47. The Morgan fingerprint density at radius 3 is 2.89 bits per heavy atom. The third-order valence-corrected chi connectivity index (χ3v) is 4.35. The van der Waals surface area contributed by atoms with Crippen LogP contribution in [0.3, 0.4) is 0 Å². The Hall–Kier alpha value is -1.09. The van der Waals surface area contributed by atoms with E-state index in [1.807, 2.05) is 0 Å². The molecule has 1 fully saturated rings. The molecule has 0 bridgehead atoms. The average molecular weight is 284 g/mol. The molecule has 1 aromatic rings. The van der Waals surface area contributed by atoms with Crippen molar-refractivity contribution >= 4 is 17.5 Å². The van der Waals surface area contributed by atoms with Gasteiger partial charge in [-0.1, -0.05) is 25.0 Å². The molecule has 1 amide bonds. The van der Waals surface area contributed by atoms with Crippen molar-refractivity contribution in [2.75, 3.05) is 6.54 Å². The summed E-state index contributed by atoms with van der Waals surface area (Å²) in [4.78, 5) is 12.0. The number of benzene rings is 1. The van der Waals surface area contributed by atoms with E-state index in [1.54, 1.807) is 19.1 Å². The van der Waals surface area contributed by atoms with Crippen molar-refractivity contribution in [3.05, 3.63) is 35.1 Å². The first-order chi connectivity index (χ1) is 9.09. The SMILES string of the molecule is Cc1cccc(C(=O)NCC2CCCCC2Cl)c1F. The summed E-state index contributed by atoms with van der Waals surface area (Å²) in [5.74, 6) is -0.492. The number of carbonyl (C=O) groups excluding carboxylic acids is 1. The van der Waals surface area contributed by atoms with Gasteiger partial charge in [0.2, 0.25) is 0 Å². The molecule has 1 aliphatic carbocycles. The second kappa shape index (κ2) is 6.38. The van der Waals surface area contributed by atoms with E-state index in [-0.39, 0.29) is 16.8 Å². The number of carbonyl (C=O) groups is 1. The molecule has 4 heteroatoms. The second-order valence-corrected chi connectivity index (χ2v) is 5.77. The van der Waals surface area contributed by atoms with Crippen LogP contribution in [0.2, 0.25) is 0 Å². The van der Waals surface area contributed by atoms with Gasteiger partial charge < -0.3 is 5.32 Å². The lowest BCUT2D eigenvalue weighted by Crippen LogP contribution is -2.35. The van der Waals surface area contributed by atoms with Gasteiger partial charge in [0.15, 0.2) is 0 Å². The highest BCUT2D eigenvalue weighted by Gasteiger charge is 2.24. The second-order valence-electron chi connectivity index (χ2n) is 5.21. The van der Waals surface area contributed by atoms with Crippen molar-refractivity contribution in [1.82, 2.24) is 5.32 Å². The first-order valence-electron chi connectivity index (χ1n) is 6.77. The molecule has 0 spiro atoms. The lowest BCUT2D eigenvalue weighted by Gasteiger charge is -2.27. The first-order valence-corrected chi connectivity index (χ1v) is 7.20. The number of hydrogen-bond acceptors (Lipinski definition) is 1. The van der Waals surface area contributed by atoms with Gasteiger partial charge in [-0.3, -0.25) is 4.79 Å². The molecule has 19 heavy (non-hydrogen) atoms. The summed E-state index contributed by atoms with van der Waals surface area (Å²) in [6, 6.07) is 4.86. The maximum atomic E-state index is 13.8. The third-order valence-electron chi connectivity index (χ3n) is 3.78. The zero-order valence-corrected chi connectivity index (χ0v) is 11.8. The number of alkyl halides is 1. The number of amides is 1. The van der Waals surface area contributed by atoms with Crippen molar-refractivity contribution in [2.24, 2.45) is 5.92 Å². The molecule has 1 aliphatic rings. The van der Waals surface area contributed by atoms with Gasteiger partial charge in [-0.05, 0) is 37.3 Å². The van der Waals surface area contributed by atoms with Crippen molar-refractivity contribution < 1.29 is 9.18 Å². The summed E-state index contributed by atoms with van der Waals surface area (Å²) in [6.07, 6.45) is 4.35. The highest BCUT2D eigenvalue weighted by atomic mass is 35.5. The van der Waals surface area contributed by atoms with Crippen LogP contribution in [-0.4, -0.2) is 17.8 Å². The molecule has 0 aromatic heterocycles. The maximum absolute atomic E-state index is 13.8. The van der Waals surface area contributed by atoms with Gasteiger partial charge in [0.1, 0.15) is 5.82 Å². The predicted molar refractivity (Wildman–Crippen MR) is 75.1 cm³/mol. The number of hydrogen-bond donors (Lipinski definition) is 1. The fourth-order valence-electron chi connectivity index (χ4n) is 2.53. The standard InChI is InChI=1S/C15H19ClFNO/c1-10-5-4-7-12(14(10)17)15(19)18-9-11-6-2-3-8-13(11)16/h4-5,7,11,13H,2-3,6,8-9H2,1H3,(H,18,19). The number of nitrogens with one attached hydrogen (secondary N) is 1. The van der Waals surface area contributed by atoms with E-state index in [4.69, 9.17) is 11.6 Å². The van der Waals surface area contributed by atoms with Crippen molar-refractivity contribution in [1.29, 1.82) is 0 Å². The van der Waals surface area contributed by atoms with Gasteiger partial charge >= 0.3 is 0 Å². The Morgan fingerprint density at radius 1 is 1.42 bits per heavy atom. The Balaban J connectivity index is 1.95. The minimum absolute atomic E-state index is 0.113. The van der Waals surface area contributed by atoms with Crippen LogP contribution in [0.15, 0.2) is 18.2 Å². The van der Waals surface area contributed by atoms with Crippen LogP contribution >= 0.6 is 11.6 Å². The van der Waals surface area contributed by atoms with Crippen LogP contribution in [0.5, 0.6) is 0 Å². The summed E-state index contributed by atoms with van der Waals surface area (Å²) in [5.41, 5.74) is 0.600. The summed E-state index contributed by atoms with van der Waals surface area (Å²) in [7, 11) is 0. The highest BCUT2D eigenvalue weighted by molar-refractivity contribution is 6.20. The zero-order chi connectivity index (χ0) is 13.8. The van der Waals surface area contributed by atoms with E-state index in [2.05, 4.69) is 5.32 Å². The molecule has 0 aliphatic heterocycles. The topological polar surface area (TPSA) is 29.1 Å². The minimum atomic E-state index is -0.439. The fraction of sp³-hybridized carbons (Fsp3) is 0.533. The van der Waals surface area contributed by atoms with Crippen molar-refractivity contribution in [2.45, 2.75) is 38.0 Å². The van der Waals surface area contributed by atoms with Crippen LogP contribution in [0.4, 0.5) is 4.39 Å². The van der Waals surface area contributed by atoms with E-state index in [1.165, 1.54) is 6.07 Å². The van der Waals surface area contributed by atoms with Crippen LogP contribution in [0.25, 0.3) is 0 Å². The number of halogens is 2. The van der Waals surface area contributed by atoms with Crippen LogP contribution < -0.4 is 5.32 Å². The molecule has 0 saturated heterocycles. The minimum Gasteiger partial charge on any atom is -0.352 e. The summed E-state index contributed by atoms with van der Waals surface area (Å²) < 4.78 is 13.8. The molecule has 0 radical (unpaired) electrons. The molecular formula is C15H19ClFNO. The van der Waals surface area contributed by atoms with Crippen LogP contribution in [0, 0.1) is 18.7 Å². The molecule has 1 aromatic carbocycles. The first kappa shape index (κ1) is 14.3. The summed E-state index contributed by atoms with van der Waals surface area (Å²) in [6.45, 7) is 2.18. The van der Waals surface area contributed by atoms with E-state index in [0.29, 0.717) is 18.0 Å². The molecule has 2 atom stereocenters. The smallest absolute Gasteiger partial charge is 0.254 e. The van der Waals surface area contributed by atoms with Gasteiger partial charge in [0.05, 0.1) is 5.56 Å². The summed E-state index contributed by atoms with van der Waals surface area (Å²) >= 11 is 6.24. The van der Waals surface area contributed by atoms with Crippen molar-refractivity contribution in [3.63, 3.8) is 0 Å². The Kier molecular flexibility index (Phi) is 4.81. The normalized spacial score (nSPS) is 23.1. The predicted octanol–water partition coefficient (Wildman–Crippen LogP) is 3.66. The molecule has 104 valence electrons. The van der Waals surface area contributed by atoms with E-state index < -0.39 is 5.82 Å². The zero-order valence-electron chi connectivity index (χ0n) is 11.1. The van der Waals surface area contributed by atoms with Gasteiger partial charge in [-0.25, -0.2) is 4.39 Å². The largest absolute Gasteiger partial charge is 0.352 e. The number of aryl methyl sites for hydroxylation is 1. The molecule has 1 saturated carbocycles. The Bertz CT molecular complexity index is 463. The van der Waals surface area contributed by atoms with Crippen molar-refractivity contribution in [3.8, 4) is 0 Å². The molecule has 2 nitrogen and oxygen atoms in total. The van der Waals surface area contributed by atoms with Gasteiger partial charge in [0.25, 0.3) is 5.91 Å². The highest BCUT2D eigenvalue weighted by Crippen LogP contribution is 2.28. The molecule has 1 N–H and O–H groups in total. The Morgan fingerprint density at radius 2 is 2.16 bits per heavy atom. The lowest BCUT2D eigenvalue weighted by molar-refractivity contribution is 0.0940. The molecular weight excluding hydrogens is 265 g/mol. The van der Waals surface area contributed by atoms with E-state index in [9.17, 15) is 9.18 Å². The lowest BCUT2D eigenvalue weighted by atomic mass is 9.88. The summed E-state index contributed by atoms with van der Waals surface area (Å²) in [5, 5.41) is 2.93. The van der Waals surface area contributed by atoms with Crippen LogP contribution in [-0.2, 0) is 0 Å². The van der Waals surface area contributed by atoms with E-state index in [0.717, 1.165) is 25.7 Å². The molecule has 0 heterocycles. The molecule has 2 rings (SSSR count). The van der Waals surface area contributed by atoms with Gasteiger partial charge in [-0.2, -0.15) is 0 Å². The van der Waals surface area contributed by atoms with E-state index >= 15 is 0 Å². The Labute approximate surface area is 118 Å². The fourth-order valence-corrected chi connectivity index (χ4v) is 2.90. The van der Waals surface area contributed by atoms with Gasteiger partial charge in [-0.15, -0.1) is 11.6 Å². The monoisotopic (exact) mass is 283 g/mol. The van der Waals surface area contributed by atoms with Crippen LogP contribution in [0.1, 0.15) is 41.6 Å². The maximum Gasteiger partial charge on any atom is 0.254 e. The quantitative estimate of drug-likeness (QED) is 0.843. The average Bonchev–Trinajstić information content (AvgIpc) is 2.40.